The van der Waals surface area contributed by atoms with Crippen molar-refractivity contribution in [2.24, 2.45) is 0 Å². The molecule has 0 fully saturated rings. The number of carbonyl (C=O) groups is 1. The molecule has 24 heavy (non-hydrogen) atoms. The molecule has 2 rings (SSSR count). The molecule has 0 saturated heterocycles. The van der Waals surface area contributed by atoms with E-state index in [4.69, 9.17) is 21.1 Å². The summed E-state index contributed by atoms with van der Waals surface area (Å²) in [5.74, 6) is 0.753. The summed E-state index contributed by atoms with van der Waals surface area (Å²) in [5, 5.41) is 5.59. The molecule has 0 aromatic heterocycles. The van der Waals surface area contributed by atoms with E-state index in [1.54, 1.807) is 31.4 Å². The quantitative estimate of drug-likeness (QED) is 0.717. The van der Waals surface area contributed by atoms with Crippen molar-refractivity contribution in [3.8, 4) is 11.5 Å². The van der Waals surface area contributed by atoms with Crippen LogP contribution in [0.2, 0.25) is 5.02 Å². The third-order valence-corrected chi connectivity index (χ3v) is 3.41. The molecule has 2 N–H and O–H groups in total. The van der Waals surface area contributed by atoms with Gasteiger partial charge >= 0.3 is 0 Å². The summed E-state index contributed by atoms with van der Waals surface area (Å²) in [7, 11) is 1.60. The van der Waals surface area contributed by atoms with Crippen molar-refractivity contribution in [1.29, 1.82) is 0 Å². The fourth-order valence-corrected chi connectivity index (χ4v) is 2.06. The fraction of sp³-hybridized carbons (Fsp3) is 0.235. The monoisotopic (exact) mass is 352 g/mol. The van der Waals surface area contributed by atoms with Gasteiger partial charge in [0.2, 0.25) is 5.91 Å². The first kappa shape index (κ1) is 17.9. The Bertz CT molecular complexity index is 680. The van der Waals surface area contributed by atoms with Gasteiger partial charge in [0.1, 0.15) is 23.9 Å². The second-order valence-corrected chi connectivity index (χ2v) is 5.26. The van der Waals surface area contributed by atoms with Gasteiger partial charge < -0.3 is 20.1 Å². The Morgan fingerprint density at radius 3 is 2.54 bits per heavy atom. The Hall–Kier alpha value is -2.47. The van der Waals surface area contributed by atoms with Crippen LogP contribution in [0.1, 0.15) is 0 Å². The zero-order valence-corrected chi connectivity index (χ0v) is 13.9. The normalized spacial score (nSPS) is 10.1. The number of nitrogens with one attached hydrogen (secondary N) is 2. The molecule has 128 valence electrons. The summed E-state index contributed by atoms with van der Waals surface area (Å²) < 4.78 is 23.6. The van der Waals surface area contributed by atoms with Crippen LogP contribution in [-0.4, -0.2) is 32.7 Å². The molecule has 0 aliphatic carbocycles. The van der Waals surface area contributed by atoms with Gasteiger partial charge in [-0.1, -0.05) is 11.6 Å². The van der Waals surface area contributed by atoms with Gasteiger partial charge in [-0.25, -0.2) is 4.39 Å². The van der Waals surface area contributed by atoms with E-state index in [1.807, 2.05) is 0 Å². The maximum atomic E-state index is 13.0. The van der Waals surface area contributed by atoms with Gasteiger partial charge in [0.25, 0.3) is 0 Å². The van der Waals surface area contributed by atoms with Crippen LogP contribution in [0.15, 0.2) is 42.5 Å². The van der Waals surface area contributed by atoms with Crippen LogP contribution in [0.4, 0.5) is 10.1 Å². The zero-order valence-electron chi connectivity index (χ0n) is 13.1. The van der Waals surface area contributed by atoms with Crippen LogP contribution in [0, 0.1) is 5.82 Å². The summed E-state index contributed by atoms with van der Waals surface area (Å²) >= 11 is 5.67. The number of methoxy groups -OCH3 is 1. The van der Waals surface area contributed by atoms with Gasteiger partial charge in [0.05, 0.1) is 25.2 Å². The summed E-state index contributed by atoms with van der Waals surface area (Å²) in [6.45, 7) is 0.779. The Balaban J connectivity index is 1.64. The SMILES string of the molecule is COc1ccc(OCCNC(=O)CNc2ccc(F)c(Cl)c2)cc1. The molecule has 0 spiro atoms. The van der Waals surface area contributed by atoms with Gasteiger partial charge in [-0.05, 0) is 42.5 Å². The molecule has 7 heteroatoms. The predicted octanol–water partition coefficient (Wildman–Crippen LogP) is 3.09. The van der Waals surface area contributed by atoms with E-state index < -0.39 is 5.82 Å². The van der Waals surface area contributed by atoms with Crippen LogP contribution in [-0.2, 0) is 4.79 Å². The summed E-state index contributed by atoms with van der Waals surface area (Å²) in [4.78, 5) is 11.7. The first-order valence-corrected chi connectivity index (χ1v) is 7.69. The van der Waals surface area contributed by atoms with Crippen LogP contribution in [0.25, 0.3) is 0 Å². The lowest BCUT2D eigenvalue weighted by Crippen LogP contribution is -2.33. The maximum Gasteiger partial charge on any atom is 0.239 e. The minimum atomic E-state index is -0.498. The van der Waals surface area contributed by atoms with Crippen molar-refractivity contribution in [3.63, 3.8) is 0 Å². The number of carbonyl (C=O) groups excluding carboxylic acids is 1. The average Bonchev–Trinajstić information content (AvgIpc) is 2.60. The third kappa shape index (κ3) is 5.62. The molecule has 0 aliphatic heterocycles. The van der Waals surface area contributed by atoms with Crippen molar-refractivity contribution < 1.29 is 18.7 Å². The predicted molar refractivity (Wildman–Crippen MR) is 91.4 cm³/mol. The van der Waals surface area contributed by atoms with Gasteiger partial charge in [0, 0.05) is 5.69 Å². The van der Waals surface area contributed by atoms with E-state index in [2.05, 4.69) is 10.6 Å². The molecular weight excluding hydrogens is 335 g/mol. The first-order chi connectivity index (χ1) is 11.6. The standard InChI is InChI=1S/C17H18ClFN2O3/c1-23-13-3-5-14(6-4-13)24-9-8-20-17(22)11-21-12-2-7-16(19)15(18)10-12/h2-7,10,21H,8-9,11H2,1H3,(H,20,22). The lowest BCUT2D eigenvalue weighted by atomic mass is 10.3. The maximum absolute atomic E-state index is 13.0. The molecular formula is C17H18ClFN2O3. The molecule has 1 amide bonds. The number of rotatable bonds is 8. The largest absolute Gasteiger partial charge is 0.497 e. The van der Waals surface area contributed by atoms with E-state index in [-0.39, 0.29) is 17.5 Å². The minimum Gasteiger partial charge on any atom is -0.497 e. The highest BCUT2D eigenvalue weighted by atomic mass is 35.5. The minimum absolute atomic E-state index is 0.00768. The Morgan fingerprint density at radius 2 is 1.88 bits per heavy atom. The van der Waals surface area contributed by atoms with Gasteiger partial charge in [-0.3, -0.25) is 4.79 Å². The lowest BCUT2D eigenvalue weighted by molar-refractivity contribution is -0.119. The summed E-state index contributed by atoms with van der Waals surface area (Å²) in [6, 6.07) is 11.4. The molecule has 0 saturated carbocycles. The Morgan fingerprint density at radius 1 is 1.17 bits per heavy atom. The first-order valence-electron chi connectivity index (χ1n) is 7.31. The number of anilines is 1. The highest BCUT2D eigenvalue weighted by Crippen LogP contribution is 2.19. The molecule has 2 aromatic rings. The lowest BCUT2D eigenvalue weighted by Gasteiger charge is -2.10. The number of hydrogen-bond acceptors (Lipinski definition) is 4. The summed E-state index contributed by atoms with van der Waals surface area (Å²) in [5.41, 5.74) is 0.575. The summed E-state index contributed by atoms with van der Waals surface area (Å²) in [6.07, 6.45) is 0. The number of ether oxygens (including phenoxy) is 2. The number of halogens is 2. The molecule has 0 atom stereocenters. The fourth-order valence-electron chi connectivity index (χ4n) is 1.88. The van der Waals surface area contributed by atoms with Gasteiger partial charge in [0.15, 0.2) is 0 Å². The number of hydrogen-bond donors (Lipinski definition) is 2. The topological polar surface area (TPSA) is 59.6 Å². The zero-order chi connectivity index (χ0) is 17.4. The highest BCUT2D eigenvalue weighted by molar-refractivity contribution is 6.31. The molecule has 0 unspecified atom stereocenters. The molecule has 2 aromatic carbocycles. The average molecular weight is 353 g/mol. The van der Waals surface area contributed by atoms with E-state index in [0.717, 1.165) is 5.75 Å². The second kappa shape index (κ2) is 8.98. The van der Waals surface area contributed by atoms with Crippen molar-refractivity contribution in [1.82, 2.24) is 5.32 Å². The van der Waals surface area contributed by atoms with Crippen molar-refractivity contribution in [2.45, 2.75) is 0 Å². The van der Waals surface area contributed by atoms with Crippen molar-refractivity contribution >= 4 is 23.2 Å². The van der Waals surface area contributed by atoms with E-state index in [1.165, 1.54) is 18.2 Å². The molecule has 5 nitrogen and oxygen atoms in total. The van der Waals surface area contributed by atoms with Crippen LogP contribution in [0.3, 0.4) is 0 Å². The molecule has 0 aliphatic rings. The molecule has 0 heterocycles. The second-order valence-electron chi connectivity index (χ2n) is 4.86. The highest BCUT2D eigenvalue weighted by Gasteiger charge is 2.04. The van der Waals surface area contributed by atoms with Crippen LogP contribution < -0.4 is 20.1 Å². The number of amides is 1. The van der Waals surface area contributed by atoms with Crippen molar-refractivity contribution in [3.05, 3.63) is 53.3 Å². The van der Waals surface area contributed by atoms with E-state index >= 15 is 0 Å². The Labute approximate surface area is 144 Å². The molecule has 0 radical (unpaired) electrons. The van der Waals surface area contributed by atoms with E-state index in [0.29, 0.717) is 24.6 Å². The van der Waals surface area contributed by atoms with E-state index in [9.17, 15) is 9.18 Å². The molecule has 0 bridgehead atoms. The number of benzene rings is 2. The smallest absolute Gasteiger partial charge is 0.239 e. The van der Waals surface area contributed by atoms with Crippen LogP contribution in [0.5, 0.6) is 11.5 Å². The third-order valence-electron chi connectivity index (χ3n) is 3.13. The van der Waals surface area contributed by atoms with Crippen molar-refractivity contribution in [2.75, 3.05) is 32.1 Å². The van der Waals surface area contributed by atoms with Crippen LogP contribution >= 0.6 is 11.6 Å². The Kier molecular flexibility index (Phi) is 6.69. The van der Waals surface area contributed by atoms with Gasteiger partial charge in [-0.15, -0.1) is 0 Å². The van der Waals surface area contributed by atoms with Gasteiger partial charge in [-0.2, -0.15) is 0 Å².